The van der Waals surface area contributed by atoms with Gasteiger partial charge in [0.25, 0.3) is 5.91 Å². The van der Waals surface area contributed by atoms with Crippen LogP contribution in [0.1, 0.15) is 59.1 Å². The minimum Gasteiger partial charge on any atom is -0.496 e. The van der Waals surface area contributed by atoms with Crippen LogP contribution in [0.5, 0.6) is 5.75 Å². The van der Waals surface area contributed by atoms with Crippen LogP contribution in [0.25, 0.3) is 0 Å². The van der Waals surface area contributed by atoms with E-state index in [9.17, 15) is 4.79 Å². The summed E-state index contributed by atoms with van der Waals surface area (Å²) in [5.41, 5.74) is 4.79. The van der Waals surface area contributed by atoms with Crippen molar-refractivity contribution in [1.29, 1.82) is 0 Å². The Morgan fingerprint density at radius 3 is 2.62 bits per heavy atom. The second-order valence-electron chi connectivity index (χ2n) is 9.94. The molecular weight excluding hydrogens is 464 g/mol. The summed E-state index contributed by atoms with van der Waals surface area (Å²) in [4.78, 5) is 19.5. The van der Waals surface area contributed by atoms with Crippen molar-refractivity contribution in [2.75, 3.05) is 12.4 Å². The maximum absolute atomic E-state index is 13.5. The predicted octanol–water partition coefficient (Wildman–Crippen LogP) is 7.87. The highest BCUT2D eigenvalue weighted by atomic mass is 35.5. The molecule has 0 bridgehead atoms. The number of halogens is 1. The highest BCUT2D eigenvalue weighted by molar-refractivity contribution is 7.16. The molecule has 178 valence electrons. The average molecular weight is 495 g/mol. The molecule has 6 heteroatoms. The number of hydrogen-bond acceptors (Lipinski definition) is 4. The summed E-state index contributed by atoms with van der Waals surface area (Å²) in [5, 5.41) is 4.43. The maximum atomic E-state index is 13.5. The Balaban J connectivity index is 1.70. The molecule has 0 aliphatic heterocycles. The summed E-state index contributed by atoms with van der Waals surface area (Å²) in [5.74, 6) is 1.29. The number of hydrogen-bond donors (Lipinski definition) is 1. The molecule has 2 aromatic carbocycles. The number of carbonyl (C=O) groups excluding carboxylic acids is 1. The van der Waals surface area contributed by atoms with Crippen molar-refractivity contribution in [3.63, 3.8) is 0 Å². The molecule has 1 aliphatic rings. The van der Waals surface area contributed by atoms with Gasteiger partial charge >= 0.3 is 0 Å². The maximum Gasteiger partial charge on any atom is 0.259 e. The van der Waals surface area contributed by atoms with E-state index >= 15 is 0 Å². The molecule has 1 heterocycles. The number of aliphatic imine (C=N–C) groups is 1. The van der Waals surface area contributed by atoms with Gasteiger partial charge in [0, 0.05) is 21.8 Å². The van der Waals surface area contributed by atoms with E-state index in [2.05, 4.69) is 26.1 Å². The van der Waals surface area contributed by atoms with Crippen LogP contribution in [0, 0.1) is 18.3 Å². The van der Waals surface area contributed by atoms with Crippen LogP contribution < -0.4 is 10.1 Å². The molecule has 1 aliphatic carbocycles. The summed E-state index contributed by atoms with van der Waals surface area (Å²) in [6, 6.07) is 13.2. The van der Waals surface area contributed by atoms with Gasteiger partial charge in [0.15, 0.2) is 0 Å². The standard InChI is InChI=1S/C28H31ClN2O2S/c1-17-6-7-18(14-23(17)33-5)16-30-27-25(26(32)31-21-11-9-20(29)10-12-21)22-13-8-19(28(2,3)4)15-24(22)34-27/h6-7,9-12,14,16,19H,8,13,15H2,1-5H3,(H,31,32)/t19-/m0/s1. The molecule has 3 aromatic rings. The molecule has 0 fully saturated rings. The SMILES string of the molecule is COc1cc(C=Nc2sc3c(c2C(=O)Nc2ccc(Cl)cc2)CC[C@H](C(C)(C)C)C3)ccc1C. The molecule has 0 radical (unpaired) electrons. The highest BCUT2D eigenvalue weighted by Crippen LogP contribution is 2.45. The number of nitrogens with one attached hydrogen (secondary N) is 1. The quantitative estimate of drug-likeness (QED) is 0.367. The Bertz CT molecular complexity index is 1220. The predicted molar refractivity (Wildman–Crippen MR) is 144 cm³/mol. The zero-order valence-corrected chi connectivity index (χ0v) is 21.9. The molecule has 0 unspecified atom stereocenters. The lowest BCUT2D eigenvalue weighted by molar-refractivity contribution is 0.102. The second kappa shape index (κ2) is 9.93. The van der Waals surface area contributed by atoms with Crippen molar-refractivity contribution in [1.82, 2.24) is 0 Å². The lowest BCUT2D eigenvalue weighted by Crippen LogP contribution is -2.27. The van der Waals surface area contributed by atoms with Gasteiger partial charge in [-0.15, -0.1) is 11.3 Å². The lowest BCUT2D eigenvalue weighted by Gasteiger charge is -2.33. The topological polar surface area (TPSA) is 50.7 Å². The van der Waals surface area contributed by atoms with Crippen molar-refractivity contribution < 1.29 is 9.53 Å². The van der Waals surface area contributed by atoms with Gasteiger partial charge in [0.05, 0.1) is 12.7 Å². The van der Waals surface area contributed by atoms with Gasteiger partial charge in [0.2, 0.25) is 0 Å². The zero-order valence-electron chi connectivity index (χ0n) is 20.4. The first-order valence-corrected chi connectivity index (χ1v) is 12.8. The smallest absolute Gasteiger partial charge is 0.259 e. The number of rotatable bonds is 5. The molecular formula is C28H31ClN2O2S. The van der Waals surface area contributed by atoms with E-state index < -0.39 is 0 Å². The minimum absolute atomic E-state index is 0.123. The van der Waals surface area contributed by atoms with Crippen LogP contribution in [0.4, 0.5) is 10.7 Å². The molecule has 1 aromatic heterocycles. The van der Waals surface area contributed by atoms with Gasteiger partial charge in [-0.1, -0.05) is 44.5 Å². The van der Waals surface area contributed by atoms with Gasteiger partial charge in [-0.05, 0) is 84.5 Å². The minimum atomic E-state index is -0.123. The number of nitrogens with zero attached hydrogens (tertiary/aromatic N) is 1. The Morgan fingerprint density at radius 1 is 1.21 bits per heavy atom. The van der Waals surface area contributed by atoms with Gasteiger partial charge in [-0.2, -0.15) is 0 Å². The van der Waals surface area contributed by atoms with E-state index in [1.165, 1.54) is 4.88 Å². The lowest BCUT2D eigenvalue weighted by atomic mass is 9.72. The van der Waals surface area contributed by atoms with E-state index in [0.717, 1.165) is 52.4 Å². The molecule has 4 nitrogen and oxygen atoms in total. The van der Waals surface area contributed by atoms with Gasteiger partial charge in [0.1, 0.15) is 10.8 Å². The summed E-state index contributed by atoms with van der Waals surface area (Å²) >= 11 is 7.65. The number of thiophene rings is 1. The summed E-state index contributed by atoms with van der Waals surface area (Å²) in [6.07, 6.45) is 4.77. The third-order valence-corrected chi connectivity index (χ3v) is 7.98. The zero-order chi connectivity index (χ0) is 24.5. The fourth-order valence-corrected chi connectivity index (χ4v) is 5.81. The molecule has 1 N–H and O–H groups in total. The number of benzene rings is 2. The fourth-order valence-electron chi connectivity index (χ4n) is 4.41. The molecule has 0 saturated carbocycles. The van der Waals surface area contributed by atoms with Crippen LogP contribution in [0.3, 0.4) is 0 Å². The molecule has 0 saturated heterocycles. The normalized spacial score (nSPS) is 15.9. The van der Waals surface area contributed by atoms with Gasteiger partial charge in [-0.25, -0.2) is 4.99 Å². The number of ether oxygens (including phenoxy) is 1. The Kier molecular flexibility index (Phi) is 7.15. The van der Waals surface area contributed by atoms with Crippen LogP contribution >= 0.6 is 22.9 Å². The van der Waals surface area contributed by atoms with Crippen molar-refractivity contribution in [3.8, 4) is 5.75 Å². The number of methoxy groups -OCH3 is 1. The largest absolute Gasteiger partial charge is 0.496 e. The van der Waals surface area contributed by atoms with Gasteiger partial charge < -0.3 is 10.1 Å². The van der Waals surface area contributed by atoms with E-state index in [1.807, 2.05) is 43.5 Å². The number of fused-ring (bicyclic) bond motifs is 1. The molecule has 1 atom stereocenters. The second-order valence-corrected chi connectivity index (χ2v) is 11.5. The third kappa shape index (κ3) is 5.37. The number of aryl methyl sites for hydroxylation is 1. The summed E-state index contributed by atoms with van der Waals surface area (Å²) < 4.78 is 5.45. The number of carbonyl (C=O) groups is 1. The Morgan fingerprint density at radius 2 is 1.94 bits per heavy atom. The van der Waals surface area contributed by atoms with Crippen molar-refractivity contribution in [2.24, 2.45) is 16.3 Å². The van der Waals surface area contributed by atoms with Crippen LogP contribution in [0.15, 0.2) is 47.5 Å². The van der Waals surface area contributed by atoms with E-state index in [0.29, 0.717) is 16.5 Å². The first-order chi connectivity index (χ1) is 16.2. The Hall–Kier alpha value is -2.63. The molecule has 0 spiro atoms. The fraction of sp³-hybridized carbons (Fsp3) is 0.357. The van der Waals surface area contributed by atoms with Crippen LogP contribution in [0.2, 0.25) is 5.02 Å². The monoisotopic (exact) mass is 494 g/mol. The first kappa shape index (κ1) is 24.5. The molecule has 34 heavy (non-hydrogen) atoms. The number of amides is 1. The van der Waals surface area contributed by atoms with E-state index in [4.69, 9.17) is 21.3 Å². The van der Waals surface area contributed by atoms with Gasteiger partial charge in [-0.3, -0.25) is 4.79 Å². The van der Waals surface area contributed by atoms with Crippen LogP contribution in [-0.4, -0.2) is 19.2 Å². The summed E-state index contributed by atoms with van der Waals surface area (Å²) in [6.45, 7) is 8.91. The molecule has 4 rings (SSSR count). The Labute approximate surface area is 211 Å². The summed E-state index contributed by atoms with van der Waals surface area (Å²) in [7, 11) is 1.67. The van der Waals surface area contributed by atoms with Crippen molar-refractivity contribution in [3.05, 3.63) is 74.6 Å². The third-order valence-electron chi connectivity index (χ3n) is 6.56. The van der Waals surface area contributed by atoms with Crippen molar-refractivity contribution in [2.45, 2.75) is 47.0 Å². The highest BCUT2D eigenvalue weighted by Gasteiger charge is 2.33. The molecule has 1 amide bonds. The van der Waals surface area contributed by atoms with E-state index in [-0.39, 0.29) is 11.3 Å². The first-order valence-electron chi connectivity index (χ1n) is 11.6. The average Bonchev–Trinajstić information content (AvgIpc) is 3.17. The number of anilines is 1. The van der Waals surface area contributed by atoms with Crippen LogP contribution in [-0.2, 0) is 12.8 Å². The van der Waals surface area contributed by atoms with Crippen molar-refractivity contribution >= 4 is 45.7 Å². The van der Waals surface area contributed by atoms with E-state index in [1.54, 1.807) is 30.6 Å².